The van der Waals surface area contributed by atoms with Crippen molar-refractivity contribution in [1.29, 1.82) is 0 Å². The molecule has 0 atom stereocenters. The van der Waals surface area contributed by atoms with Crippen LogP contribution in [0.4, 0.5) is 4.39 Å². The van der Waals surface area contributed by atoms with Crippen molar-refractivity contribution in [2.75, 3.05) is 7.05 Å². The zero-order chi connectivity index (χ0) is 11.4. The van der Waals surface area contributed by atoms with Gasteiger partial charge in [-0.15, -0.1) is 0 Å². The third kappa shape index (κ3) is 2.63. The topological polar surface area (TPSA) is 29.1 Å². The minimum Gasteiger partial charge on any atom is -0.316 e. The van der Waals surface area contributed by atoms with E-state index in [1.54, 1.807) is 13.1 Å². The lowest BCUT2D eigenvalue weighted by Gasteiger charge is -2.11. The molecule has 0 unspecified atom stereocenters. The molecule has 1 aromatic carbocycles. The number of carbonyl (C=O) groups is 1. The van der Waals surface area contributed by atoms with Crippen molar-refractivity contribution in [2.45, 2.75) is 26.3 Å². The summed E-state index contributed by atoms with van der Waals surface area (Å²) in [6, 6.07) is 3.08. The Labute approximate surface area is 89.5 Å². The summed E-state index contributed by atoms with van der Waals surface area (Å²) in [7, 11) is 1.80. The van der Waals surface area contributed by atoms with Crippen molar-refractivity contribution in [3.05, 3.63) is 34.6 Å². The smallest absolute Gasteiger partial charge is 0.150 e. The third-order valence-electron chi connectivity index (χ3n) is 2.37. The van der Waals surface area contributed by atoms with Crippen LogP contribution in [0.2, 0.25) is 0 Å². The van der Waals surface area contributed by atoms with Crippen molar-refractivity contribution < 1.29 is 9.18 Å². The highest BCUT2D eigenvalue weighted by molar-refractivity contribution is 5.77. The van der Waals surface area contributed by atoms with E-state index in [2.05, 4.69) is 5.32 Å². The summed E-state index contributed by atoms with van der Waals surface area (Å²) < 4.78 is 13.5. The first kappa shape index (κ1) is 11.9. The Morgan fingerprint density at radius 1 is 1.47 bits per heavy atom. The van der Waals surface area contributed by atoms with Crippen molar-refractivity contribution >= 4 is 6.29 Å². The van der Waals surface area contributed by atoms with E-state index in [4.69, 9.17) is 0 Å². The highest BCUT2D eigenvalue weighted by Crippen LogP contribution is 2.22. The Kier molecular flexibility index (Phi) is 3.97. The van der Waals surface area contributed by atoms with E-state index in [0.29, 0.717) is 24.0 Å². The van der Waals surface area contributed by atoms with E-state index in [-0.39, 0.29) is 11.7 Å². The molecule has 0 aliphatic heterocycles. The second-order valence-electron chi connectivity index (χ2n) is 3.88. The van der Waals surface area contributed by atoms with E-state index < -0.39 is 0 Å². The third-order valence-corrected chi connectivity index (χ3v) is 2.37. The van der Waals surface area contributed by atoms with Gasteiger partial charge < -0.3 is 5.32 Å². The van der Waals surface area contributed by atoms with Crippen LogP contribution in [-0.4, -0.2) is 13.3 Å². The van der Waals surface area contributed by atoms with E-state index in [0.717, 1.165) is 5.56 Å². The van der Waals surface area contributed by atoms with Crippen LogP contribution < -0.4 is 5.32 Å². The molecule has 0 amide bonds. The fourth-order valence-electron chi connectivity index (χ4n) is 1.55. The minimum atomic E-state index is -0.299. The van der Waals surface area contributed by atoms with Crippen LogP contribution in [0.15, 0.2) is 12.1 Å². The fraction of sp³-hybridized carbons (Fsp3) is 0.417. The molecule has 1 rings (SSSR count). The van der Waals surface area contributed by atoms with Crippen molar-refractivity contribution in [1.82, 2.24) is 5.32 Å². The monoisotopic (exact) mass is 209 g/mol. The van der Waals surface area contributed by atoms with Crippen molar-refractivity contribution in [2.24, 2.45) is 0 Å². The summed E-state index contributed by atoms with van der Waals surface area (Å²) in [5, 5.41) is 2.96. The summed E-state index contributed by atoms with van der Waals surface area (Å²) in [6.45, 7) is 4.44. The van der Waals surface area contributed by atoms with E-state index in [1.165, 1.54) is 6.07 Å². The zero-order valence-corrected chi connectivity index (χ0v) is 9.30. The lowest BCUT2D eigenvalue weighted by Crippen LogP contribution is -2.09. The maximum absolute atomic E-state index is 13.5. The SMILES string of the molecule is CNCc1cc(C(C)C)c(F)cc1C=O. The number of benzene rings is 1. The lowest BCUT2D eigenvalue weighted by molar-refractivity contribution is 0.112. The molecule has 0 aliphatic rings. The molecular formula is C12H16FNO. The Morgan fingerprint density at radius 2 is 2.13 bits per heavy atom. The van der Waals surface area contributed by atoms with Crippen LogP contribution in [0.25, 0.3) is 0 Å². The molecule has 0 aliphatic carbocycles. The summed E-state index contributed by atoms with van der Waals surface area (Å²) in [5.74, 6) is -0.173. The van der Waals surface area contributed by atoms with Gasteiger partial charge in [0.25, 0.3) is 0 Å². The molecule has 0 heterocycles. The number of rotatable bonds is 4. The second kappa shape index (κ2) is 5.03. The van der Waals surface area contributed by atoms with Crippen LogP contribution in [0.3, 0.4) is 0 Å². The molecule has 2 nitrogen and oxygen atoms in total. The number of halogens is 1. The van der Waals surface area contributed by atoms with Gasteiger partial charge in [-0.3, -0.25) is 4.79 Å². The molecule has 3 heteroatoms. The average Bonchev–Trinajstić information content (AvgIpc) is 2.20. The zero-order valence-electron chi connectivity index (χ0n) is 9.30. The predicted molar refractivity (Wildman–Crippen MR) is 58.6 cm³/mol. The quantitative estimate of drug-likeness (QED) is 0.772. The molecule has 0 bridgehead atoms. The molecule has 82 valence electrons. The molecule has 0 radical (unpaired) electrons. The van der Waals surface area contributed by atoms with E-state index in [1.807, 2.05) is 13.8 Å². The first-order chi connectivity index (χ1) is 7.10. The maximum atomic E-state index is 13.5. The van der Waals surface area contributed by atoms with Gasteiger partial charge in [0, 0.05) is 12.1 Å². The number of carbonyl (C=O) groups excluding carboxylic acids is 1. The molecule has 1 N–H and O–H groups in total. The summed E-state index contributed by atoms with van der Waals surface area (Å²) in [5.41, 5.74) is 1.93. The van der Waals surface area contributed by atoms with Gasteiger partial charge in [-0.2, -0.15) is 0 Å². The Balaban J connectivity index is 3.23. The number of hydrogen-bond acceptors (Lipinski definition) is 2. The van der Waals surface area contributed by atoms with Crippen LogP contribution in [0.1, 0.15) is 41.3 Å². The average molecular weight is 209 g/mol. The molecule has 0 aromatic heterocycles. The van der Waals surface area contributed by atoms with Crippen molar-refractivity contribution in [3.8, 4) is 0 Å². The standard InChI is InChI=1S/C12H16FNO/c1-8(2)11-4-9(6-14-3)10(7-15)5-12(11)13/h4-5,7-8,14H,6H2,1-3H3. The number of aldehydes is 1. The fourth-order valence-corrected chi connectivity index (χ4v) is 1.55. The summed E-state index contributed by atoms with van der Waals surface area (Å²) in [6.07, 6.45) is 0.694. The van der Waals surface area contributed by atoms with Crippen LogP contribution >= 0.6 is 0 Å². The van der Waals surface area contributed by atoms with Gasteiger partial charge in [0.15, 0.2) is 0 Å². The molecular weight excluding hydrogens is 193 g/mol. The molecule has 0 fully saturated rings. The predicted octanol–water partition coefficient (Wildman–Crippen LogP) is 2.48. The Hall–Kier alpha value is -1.22. The van der Waals surface area contributed by atoms with Gasteiger partial charge >= 0.3 is 0 Å². The van der Waals surface area contributed by atoms with Gasteiger partial charge in [0.2, 0.25) is 0 Å². The highest BCUT2D eigenvalue weighted by Gasteiger charge is 2.11. The van der Waals surface area contributed by atoms with E-state index >= 15 is 0 Å². The summed E-state index contributed by atoms with van der Waals surface area (Å²) in [4.78, 5) is 10.7. The molecule has 0 spiro atoms. The van der Waals surface area contributed by atoms with Crippen LogP contribution in [-0.2, 0) is 6.54 Å². The largest absolute Gasteiger partial charge is 0.316 e. The first-order valence-corrected chi connectivity index (χ1v) is 5.02. The second-order valence-corrected chi connectivity index (χ2v) is 3.88. The van der Waals surface area contributed by atoms with Crippen LogP contribution in [0.5, 0.6) is 0 Å². The van der Waals surface area contributed by atoms with Gasteiger partial charge in [-0.05, 0) is 30.2 Å². The number of hydrogen-bond donors (Lipinski definition) is 1. The van der Waals surface area contributed by atoms with Gasteiger partial charge in [-0.25, -0.2) is 4.39 Å². The lowest BCUT2D eigenvalue weighted by atomic mass is 9.97. The maximum Gasteiger partial charge on any atom is 0.150 e. The first-order valence-electron chi connectivity index (χ1n) is 5.02. The van der Waals surface area contributed by atoms with Crippen LogP contribution in [0, 0.1) is 5.82 Å². The molecule has 1 aromatic rings. The molecule has 0 saturated heterocycles. The minimum absolute atomic E-state index is 0.126. The van der Waals surface area contributed by atoms with E-state index in [9.17, 15) is 9.18 Å². The molecule has 15 heavy (non-hydrogen) atoms. The highest BCUT2D eigenvalue weighted by atomic mass is 19.1. The Bertz CT molecular complexity index is 361. The summed E-state index contributed by atoms with van der Waals surface area (Å²) >= 11 is 0. The van der Waals surface area contributed by atoms with Gasteiger partial charge in [0.1, 0.15) is 12.1 Å². The normalized spacial score (nSPS) is 10.7. The Morgan fingerprint density at radius 3 is 2.60 bits per heavy atom. The van der Waals surface area contributed by atoms with Crippen molar-refractivity contribution in [3.63, 3.8) is 0 Å². The molecule has 0 saturated carbocycles. The van der Waals surface area contributed by atoms with Gasteiger partial charge in [-0.1, -0.05) is 19.9 Å². The number of nitrogens with one attached hydrogen (secondary N) is 1. The van der Waals surface area contributed by atoms with Gasteiger partial charge in [0.05, 0.1) is 0 Å².